The predicted octanol–water partition coefficient (Wildman–Crippen LogP) is 6.43. The van der Waals surface area contributed by atoms with Crippen molar-refractivity contribution in [3.63, 3.8) is 0 Å². The van der Waals surface area contributed by atoms with Gasteiger partial charge in [0.05, 0.1) is 10.6 Å². The van der Waals surface area contributed by atoms with Crippen molar-refractivity contribution in [3.8, 4) is 17.1 Å². The highest BCUT2D eigenvalue weighted by Gasteiger charge is 2.29. The van der Waals surface area contributed by atoms with Crippen molar-refractivity contribution in [3.05, 3.63) is 94.3 Å². The maximum absolute atomic E-state index is 14.7. The normalized spacial score (nSPS) is 14.5. The van der Waals surface area contributed by atoms with Crippen LogP contribution in [0.4, 0.5) is 10.1 Å². The summed E-state index contributed by atoms with van der Waals surface area (Å²) in [5, 5.41) is 12.7. The highest BCUT2D eigenvalue weighted by atomic mass is 35.5. The van der Waals surface area contributed by atoms with Crippen LogP contribution in [-0.4, -0.2) is 15.2 Å². The first-order valence-corrected chi connectivity index (χ1v) is 11.3. The Morgan fingerprint density at radius 3 is 2.66 bits per heavy atom. The average molecular weight is 465 g/mol. The second-order valence-corrected chi connectivity index (χ2v) is 8.70. The van der Waals surface area contributed by atoms with E-state index >= 15 is 0 Å². The van der Waals surface area contributed by atoms with Crippen LogP contribution in [0.25, 0.3) is 11.3 Å². The van der Waals surface area contributed by atoms with Crippen molar-refractivity contribution in [1.29, 1.82) is 0 Å². The lowest BCUT2D eigenvalue weighted by molar-refractivity contribution is 0.220. The Hall–Kier alpha value is -3.16. The smallest absolute Gasteiger partial charge is 0.247 e. The minimum atomic E-state index is -0.877. The molecular weight excluding hydrogens is 447 g/mol. The first-order valence-electron chi connectivity index (χ1n) is 9.98. The standard InChI is InChI=1S/C24H18ClFN4OS/c1-14-9-11-15(12-10-14)13-32-24-28-23-21(29-30-24)16-5-2-3-8-19(16)27-22(31-23)20-17(25)6-4-7-18(20)26/h2-12,22,27H,13H2,1H3/t22-/m0/s1. The second kappa shape index (κ2) is 8.76. The summed E-state index contributed by atoms with van der Waals surface area (Å²) in [5.74, 6) is 0.498. The van der Waals surface area contributed by atoms with Crippen molar-refractivity contribution in [2.75, 3.05) is 5.32 Å². The van der Waals surface area contributed by atoms with Gasteiger partial charge in [-0.2, -0.15) is 4.98 Å². The second-order valence-electron chi connectivity index (χ2n) is 7.35. The fourth-order valence-electron chi connectivity index (χ4n) is 3.43. The molecule has 32 heavy (non-hydrogen) atoms. The summed E-state index contributed by atoms with van der Waals surface area (Å²) >= 11 is 7.78. The number of nitrogens with zero attached hydrogens (tertiary/aromatic N) is 3. The quantitative estimate of drug-likeness (QED) is 0.351. The molecule has 1 aromatic heterocycles. The Labute approximate surface area is 194 Å². The highest BCUT2D eigenvalue weighted by Crippen LogP contribution is 2.41. The average Bonchev–Trinajstić information content (AvgIpc) is 2.95. The van der Waals surface area contributed by atoms with Crippen LogP contribution in [0.2, 0.25) is 5.02 Å². The van der Waals surface area contributed by atoms with E-state index in [9.17, 15) is 4.39 Å². The third-order valence-electron chi connectivity index (χ3n) is 5.08. The van der Waals surface area contributed by atoms with Gasteiger partial charge in [-0.15, -0.1) is 10.2 Å². The van der Waals surface area contributed by atoms with E-state index in [0.717, 1.165) is 16.8 Å². The van der Waals surface area contributed by atoms with Gasteiger partial charge < -0.3 is 10.1 Å². The molecular formula is C24H18ClFN4OS. The molecule has 1 N–H and O–H groups in total. The Kier molecular flexibility index (Phi) is 5.68. The van der Waals surface area contributed by atoms with E-state index in [-0.39, 0.29) is 16.5 Å². The number of para-hydroxylation sites is 1. The van der Waals surface area contributed by atoms with E-state index in [4.69, 9.17) is 16.3 Å². The Morgan fingerprint density at radius 2 is 1.84 bits per heavy atom. The van der Waals surface area contributed by atoms with Gasteiger partial charge in [-0.3, -0.25) is 0 Å². The summed E-state index contributed by atoms with van der Waals surface area (Å²) in [6, 6.07) is 20.4. The number of anilines is 1. The zero-order chi connectivity index (χ0) is 22.1. The van der Waals surface area contributed by atoms with Gasteiger partial charge in [-0.05, 0) is 30.7 Å². The number of ether oxygens (including phenoxy) is 1. The number of thioether (sulfide) groups is 1. The molecule has 4 aromatic rings. The molecule has 0 saturated carbocycles. The lowest BCUT2D eigenvalue weighted by atomic mass is 10.1. The number of hydrogen-bond donors (Lipinski definition) is 1. The van der Waals surface area contributed by atoms with Gasteiger partial charge in [0.1, 0.15) is 5.82 Å². The Morgan fingerprint density at radius 1 is 1.03 bits per heavy atom. The number of rotatable bonds is 4. The molecule has 1 atom stereocenters. The number of fused-ring (bicyclic) bond motifs is 3. The van der Waals surface area contributed by atoms with Gasteiger partial charge in [-0.1, -0.05) is 77.5 Å². The minimum Gasteiger partial charge on any atom is -0.448 e. The number of aromatic nitrogens is 3. The van der Waals surface area contributed by atoms with E-state index in [2.05, 4.69) is 51.7 Å². The third kappa shape index (κ3) is 4.13. The van der Waals surface area contributed by atoms with E-state index in [0.29, 0.717) is 16.6 Å². The molecule has 0 radical (unpaired) electrons. The maximum Gasteiger partial charge on any atom is 0.247 e. The Balaban J connectivity index is 1.51. The maximum atomic E-state index is 14.7. The van der Waals surface area contributed by atoms with Crippen LogP contribution in [0.1, 0.15) is 22.9 Å². The van der Waals surface area contributed by atoms with Gasteiger partial charge in [0, 0.05) is 17.0 Å². The highest BCUT2D eigenvalue weighted by molar-refractivity contribution is 7.98. The largest absolute Gasteiger partial charge is 0.448 e. The molecule has 0 saturated heterocycles. The molecule has 1 aliphatic heterocycles. The van der Waals surface area contributed by atoms with Crippen LogP contribution in [-0.2, 0) is 5.75 Å². The van der Waals surface area contributed by atoms with E-state index < -0.39 is 12.0 Å². The molecule has 0 aliphatic carbocycles. The SMILES string of the molecule is Cc1ccc(CSc2nnc3c(n2)O[C@@H](c2c(F)cccc2Cl)Nc2ccccc2-3)cc1. The summed E-state index contributed by atoms with van der Waals surface area (Å²) in [5.41, 5.74) is 4.56. The minimum absolute atomic E-state index is 0.212. The van der Waals surface area contributed by atoms with Gasteiger partial charge in [-0.25, -0.2) is 4.39 Å². The predicted molar refractivity (Wildman–Crippen MR) is 124 cm³/mol. The molecule has 5 rings (SSSR count). The van der Waals surface area contributed by atoms with Gasteiger partial charge in [0.25, 0.3) is 0 Å². The first-order chi connectivity index (χ1) is 15.6. The van der Waals surface area contributed by atoms with Crippen LogP contribution in [0, 0.1) is 12.7 Å². The molecule has 2 heterocycles. The van der Waals surface area contributed by atoms with Crippen LogP contribution >= 0.6 is 23.4 Å². The molecule has 0 spiro atoms. The number of aryl methyl sites for hydroxylation is 1. The van der Waals surface area contributed by atoms with Crippen molar-refractivity contribution in [2.24, 2.45) is 0 Å². The number of halogens is 2. The van der Waals surface area contributed by atoms with Crippen molar-refractivity contribution >= 4 is 29.1 Å². The molecule has 8 heteroatoms. The Bertz CT molecular complexity index is 1270. The summed E-state index contributed by atoms with van der Waals surface area (Å²) in [6.07, 6.45) is -0.877. The number of benzene rings is 3. The van der Waals surface area contributed by atoms with E-state index in [1.165, 1.54) is 23.4 Å². The molecule has 0 bridgehead atoms. The summed E-state index contributed by atoms with van der Waals surface area (Å²) < 4.78 is 20.8. The molecule has 5 nitrogen and oxygen atoms in total. The molecule has 0 unspecified atom stereocenters. The van der Waals surface area contributed by atoms with Gasteiger partial charge in [0.15, 0.2) is 5.69 Å². The van der Waals surface area contributed by atoms with Crippen LogP contribution < -0.4 is 10.1 Å². The van der Waals surface area contributed by atoms with Crippen molar-refractivity contribution < 1.29 is 9.13 Å². The van der Waals surface area contributed by atoms with E-state index in [1.807, 2.05) is 24.3 Å². The van der Waals surface area contributed by atoms with Crippen molar-refractivity contribution in [1.82, 2.24) is 15.2 Å². The molecule has 1 aliphatic rings. The molecule has 3 aromatic carbocycles. The first kappa shape index (κ1) is 20.7. The van der Waals surface area contributed by atoms with Crippen LogP contribution in [0.5, 0.6) is 5.88 Å². The zero-order valence-corrected chi connectivity index (χ0v) is 18.6. The van der Waals surface area contributed by atoms with Crippen molar-refractivity contribution in [2.45, 2.75) is 24.1 Å². The van der Waals surface area contributed by atoms with Gasteiger partial charge in [0.2, 0.25) is 17.3 Å². The monoisotopic (exact) mass is 464 g/mol. The number of nitrogens with one attached hydrogen (secondary N) is 1. The van der Waals surface area contributed by atoms with E-state index in [1.54, 1.807) is 12.1 Å². The lowest BCUT2D eigenvalue weighted by Crippen LogP contribution is -2.19. The lowest BCUT2D eigenvalue weighted by Gasteiger charge is -2.20. The summed E-state index contributed by atoms with van der Waals surface area (Å²) in [4.78, 5) is 4.60. The fraction of sp³-hybridized carbons (Fsp3) is 0.125. The third-order valence-corrected chi connectivity index (χ3v) is 6.32. The van der Waals surface area contributed by atoms with Crippen LogP contribution in [0.3, 0.4) is 0 Å². The summed E-state index contributed by atoms with van der Waals surface area (Å²) in [7, 11) is 0. The molecule has 0 fully saturated rings. The molecule has 0 amide bonds. The van der Waals surface area contributed by atoms with Gasteiger partial charge >= 0.3 is 0 Å². The van der Waals surface area contributed by atoms with Crippen LogP contribution in [0.15, 0.2) is 71.9 Å². The fourth-order valence-corrected chi connectivity index (χ4v) is 4.43. The summed E-state index contributed by atoms with van der Waals surface area (Å²) in [6.45, 7) is 2.05. The zero-order valence-electron chi connectivity index (χ0n) is 17.0. The molecule has 160 valence electrons. The topological polar surface area (TPSA) is 59.9 Å². The number of hydrogen-bond acceptors (Lipinski definition) is 6.